The highest BCUT2D eigenvalue weighted by Gasteiger charge is 2.25. The van der Waals surface area contributed by atoms with Gasteiger partial charge >= 0.3 is 0 Å². The quantitative estimate of drug-likeness (QED) is 0.787. The van der Waals surface area contributed by atoms with E-state index in [2.05, 4.69) is 10.2 Å². The summed E-state index contributed by atoms with van der Waals surface area (Å²) in [6.07, 6.45) is 0. The third-order valence-electron chi connectivity index (χ3n) is 4.87. The van der Waals surface area contributed by atoms with Crippen LogP contribution >= 0.6 is 0 Å². The Morgan fingerprint density at radius 1 is 1.07 bits per heavy atom. The molecule has 0 aliphatic carbocycles. The number of ether oxygens (including phenoxy) is 4. The SMILES string of the molecule is O=C(COc1ccccc1)NC[C@@H](c1ccc2c(c1)OCO2)N1CCOCC1. The molecule has 1 fully saturated rings. The molecule has 2 aliphatic heterocycles. The van der Waals surface area contributed by atoms with E-state index < -0.39 is 0 Å². The molecule has 0 saturated carbocycles. The molecule has 4 rings (SSSR count). The zero-order valence-corrected chi connectivity index (χ0v) is 15.6. The van der Waals surface area contributed by atoms with Crippen molar-refractivity contribution in [1.82, 2.24) is 10.2 Å². The highest BCUT2D eigenvalue weighted by molar-refractivity contribution is 5.77. The molecule has 0 aromatic heterocycles. The van der Waals surface area contributed by atoms with Crippen molar-refractivity contribution in [1.29, 1.82) is 0 Å². The van der Waals surface area contributed by atoms with Crippen LogP contribution in [-0.2, 0) is 9.53 Å². The van der Waals surface area contributed by atoms with Gasteiger partial charge in [-0.1, -0.05) is 24.3 Å². The number of hydrogen-bond acceptors (Lipinski definition) is 6. The molecule has 2 aromatic rings. The molecule has 0 radical (unpaired) electrons. The van der Waals surface area contributed by atoms with E-state index >= 15 is 0 Å². The molecular formula is C21H24N2O5. The Labute approximate surface area is 164 Å². The van der Waals surface area contributed by atoms with Gasteiger partial charge in [-0.25, -0.2) is 0 Å². The lowest BCUT2D eigenvalue weighted by molar-refractivity contribution is -0.123. The molecule has 0 unspecified atom stereocenters. The summed E-state index contributed by atoms with van der Waals surface area (Å²) in [5, 5.41) is 3.00. The topological polar surface area (TPSA) is 69.3 Å². The first-order chi connectivity index (χ1) is 13.8. The zero-order chi connectivity index (χ0) is 19.2. The molecule has 148 valence electrons. The number of nitrogens with one attached hydrogen (secondary N) is 1. The first-order valence-corrected chi connectivity index (χ1v) is 9.45. The maximum absolute atomic E-state index is 12.3. The summed E-state index contributed by atoms with van der Waals surface area (Å²) < 4.78 is 21.9. The van der Waals surface area contributed by atoms with Crippen LogP contribution in [0.1, 0.15) is 11.6 Å². The second-order valence-corrected chi connectivity index (χ2v) is 6.68. The van der Waals surface area contributed by atoms with Crippen molar-refractivity contribution in [3.05, 3.63) is 54.1 Å². The molecule has 1 atom stereocenters. The number of hydrogen-bond donors (Lipinski definition) is 1. The number of nitrogens with zero attached hydrogens (tertiary/aromatic N) is 1. The van der Waals surface area contributed by atoms with Gasteiger partial charge in [0.25, 0.3) is 5.91 Å². The molecule has 28 heavy (non-hydrogen) atoms. The van der Waals surface area contributed by atoms with Gasteiger partial charge in [0.05, 0.1) is 19.3 Å². The molecule has 2 heterocycles. The summed E-state index contributed by atoms with van der Waals surface area (Å²) in [6.45, 7) is 3.72. The monoisotopic (exact) mass is 384 g/mol. The van der Waals surface area contributed by atoms with E-state index in [1.165, 1.54) is 0 Å². The van der Waals surface area contributed by atoms with Crippen LogP contribution in [0, 0.1) is 0 Å². The van der Waals surface area contributed by atoms with Crippen molar-refractivity contribution < 1.29 is 23.7 Å². The van der Waals surface area contributed by atoms with Gasteiger partial charge in [-0.2, -0.15) is 0 Å². The first kappa shape index (κ1) is 18.6. The average molecular weight is 384 g/mol. The number of para-hydroxylation sites is 1. The van der Waals surface area contributed by atoms with Gasteiger partial charge in [-0.3, -0.25) is 9.69 Å². The number of fused-ring (bicyclic) bond motifs is 1. The third-order valence-corrected chi connectivity index (χ3v) is 4.87. The Balaban J connectivity index is 1.40. The molecule has 1 amide bonds. The second kappa shape index (κ2) is 8.95. The van der Waals surface area contributed by atoms with Gasteiger partial charge in [0, 0.05) is 19.6 Å². The highest BCUT2D eigenvalue weighted by Crippen LogP contribution is 2.35. The van der Waals surface area contributed by atoms with Gasteiger partial charge in [0.15, 0.2) is 18.1 Å². The minimum atomic E-state index is -0.150. The number of carbonyl (C=O) groups is 1. The standard InChI is InChI=1S/C21H24N2O5/c24-21(14-26-17-4-2-1-3-5-17)22-13-18(23-8-10-25-11-9-23)16-6-7-19-20(12-16)28-15-27-19/h1-7,12,18H,8-11,13-15H2,(H,22,24)/t18-/m0/s1. The van der Waals surface area contributed by atoms with Crippen LogP contribution in [0.3, 0.4) is 0 Å². The Morgan fingerprint density at radius 3 is 2.68 bits per heavy atom. The number of amides is 1. The van der Waals surface area contributed by atoms with Crippen LogP contribution in [0.4, 0.5) is 0 Å². The van der Waals surface area contributed by atoms with Crippen molar-refractivity contribution in [2.24, 2.45) is 0 Å². The lowest BCUT2D eigenvalue weighted by Gasteiger charge is -2.35. The van der Waals surface area contributed by atoms with E-state index in [9.17, 15) is 4.79 Å². The zero-order valence-electron chi connectivity index (χ0n) is 15.6. The van der Waals surface area contributed by atoms with Gasteiger partial charge in [-0.15, -0.1) is 0 Å². The van der Waals surface area contributed by atoms with Crippen LogP contribution in [0.25, 0.3) is 0 Å². The van der Waals surface area contributed by atoms with Gasteiger partial charge in [-0.05, 0) is 29.8 Å². The molecular weight excluding hydrogens is 360 g/mol. The van der Waals surface area contributed by atoms with Gasteiger partial charge < -0.3 is 24.3 Å². The van der Waals surface area contributed by atoms with Crippen LogP contribution in [0.5, 0.6) is 17.2 Å². The van der Waals surface area contributed by atoms with Crippen LogP contribution in [0.2, 0.25) is 0 Å². The number of carbonyl (C=O) groups excluding carboxylic acids is 1. The molecule has 1 N–H and O–H groups in total. The molecule has 0 spiro atoms. The molecule has 1 saturated heterocycles. The van der Waals surface area contributed by atoms with Gasteiger partial charge in [0.1, 0.15) is 5.75 Å². The number of benzene rings is 2. The van der Waals surface area contributed by atoms with Crippen molar-refractivity contribution >= 4 is 5.91 Å². The summed E-state index contributed by atoms with van der Waals surface area (Å²) in [5.41, 5.74) is 1.08. The van der Waals surface area contributed by atoms with Gasteiger partial charge in [0.2, 0.25) is 6.79 Å². The Kier molecular flexibility index (Phi) is 5.94. The van der Waals surface area contributed by atoms with Crippen LogP contribution in [0.15, 0.2) is 48.5 Å². The smallest absolute Gasteiger partial charge is 0.258 e. The summed E-state index contributed by atoms with van der Waals surface area (Å²) in [7, 11) is 0. The molecule has 7 heteroatoms. The molecule has 2 aliphatic rings. The minimum Gasteiger partial charge on any atom is -0.484 e. The Hall–Kier alpha value is -2.77. The van der Waals surface area contributed by atoms with E-state index in [4.69, 9.17) is 18.9 Å². The Bertz CT molecular complexity index is 793. The predicted molar refractivity (Wildman–Crippen MR) is 103 cm³/mol. The highest BCUT2D eigenvalue weighted by atomic mass is 16.7. The normalized spacial score (nSPS) is 17.1. The van der Waals surface area contributed by atoms with Crippen molar-refractivity contribution in [2.45, 2.75) is 6.04 Å². The van der Waals surface area contributed by atoms with Crippen molar-refractivity contribution in [2.75, 3.05) is 46.2 Å². The molecule has 7 nitrogen and oxygen atoms in total. The maximum atomic E-state index is 12.3. The fourth-order valence-corrected chi connectivity index (χ4v) is 3.39. The average Bonchev–Trinajstić information content (AvgIpc) is 3.22. The van der Waals surface area contributed by atoms with E-state index in [-0.39, 0.29) is 25.3 Å². The van der Waals surface area contributed by atoms with E-state index in [1.807, 2.05) is 48.5 Å². The molecule has 2 aromatic carbocycles. The first-order valence-electron chi connectivity index (χ1n) is 9.45. The van der Waals surface area contributed by atoms with Crippen LogP contribution < -0.4 is 19.5 Å². The van der Waals surface area contributed by atoms with Crippen LogP contribution in [-0.4, -0.2) is 57.1 Å². The largest absolute Gasteiger partial charge is 0.484 e. The number of morpholine rings is 1. The summed E-state index contributed by atoms with van der Waals surface area (Å²) >= 11 is 0. The fourth-order valence-electron chi connectivity index (χ4n) is 3.39. The summed E-state index contributed by atoms with van der Waals surface area (Å²) in [5.74, 6) is 2.03. The minimum absolute atomic E-state index is 0.0129. The lowest BCUT2D eigenvalue weighted by atomic mass is 10.0. The van der Waals surface area contributed by atoms with E-state index in [1.54, 1.807) is 0 Å². The van der Waals surface area contributed by atoms with Crippen molar-refractivity contribution in [3.63, 3.8) is 0 Å². The molecule has 0 bridgehead atoms. The summed E-state index contributed by atoms with van der Waals surface area (Å²) in [4.78, 5) is 14.6. The Morgan fingerprint density at radius 2 is 1.86 bits per heavy atom. The second-order valence-electron chi connectivity index (χ2n) is 6.68. The maximum Gasteiger partial charge on any atom is 0.258 e. The fraction of sp³-hybridized carbons (Fsp3) is 0.381. The van der Waals surface area contributed by atoms with E-state index in [0.29, 0.717) is 25.5 Å². The van der Waals surface area contributed by atoms with E-state index in [0.717, 1.165) is 30.2 Å². The predicted octanol–water partition coefficient (Wildman–Crippen LogP) is 1.98. The summed E-state index contributed by atoms with van der Waals surface area (Å²) in [6, 6.07) is 15.3. The lowest BCUT2D eigenvalue weighted by Crippen LogP contribution is -2.44. The third kappa shape index (κ3) is 4.55. The van der Waals surface area contributed by atoms with Crippen molar-refractivity contribution in [3.8, 4) is 17.2 Å². The number of rotatable bonds is 7.